The number of rotatable bonds is 8. The molecule has 0 unspecified atom stereocenters. The van der Waals surface area contributed by atoms with Crippen molar-refractivity contribution in [2.24, 2.45) is 0 Å². The monoisotopic (exact) mass is 461 g/mol. The van der Waals surface area contributed by atoms with E-state index >= 15 is 0 Å². The maximum Gasteiger partial charge on any atom is 0.257 e. The number of sulfonamides is 1. The molecule has 0 atom stereocenters. The molecule has 1 heterocycles. The number of carbonyl (C=O) groups excluding carboxylic acids is 1. The van der Waals surface area contributed by atoms with Crippen molar-refractivity contribution >= 4 is 27.3 Å². The highest BCUT2D eigenvalue weighted by Crippen LogP contribution is 2.27. The zero-order chi connectivity index (χ0) is 23.3. The first-order valence-electron chi connectivity index (χ1n) is 10.6. The summed E-state index contributed by atoms with van der Waals surface area (Å²) in [6.07, 6.45) is 0.103. The lowest BCUT2D eigenvalue weighted by Crippen LogP contribution is -2.37. The summed E-state index contributed by atoms with van der Waals surface area (Å²) in [5.41, 5.74) is 2.55. The lowest BCUT2D eigenvalue weighted by atomic mass is 10.1. The molecule has 1 fully saturated rings. The van der Waals surface area contributed by atoms with E-state index in [0.717, 1.165) is 9.87 Å². The summed E-state index contributed by atoms with van der Waals surface area (Å²) >= 11 is 0. The summed E-state index contributed by atoms with van der Waals surface area (Å²) in [7, 11) is -0.746. The second-order valence-electron chi connectivity index (χ2n) is 8.08. The van der Waals surface area contributed by atoms with Crippen molar-refractivity contribution in [3.8, 4) is 0 Å². The van der Waals surface area contributed by atoms with Gasteiger partial charge in [0.25, 0.3) is 5.91 Å². The van der Waals surface area contributed by atoms with Crippen LogP contribution in [0.4, 0.5) is 11.4 Å². The number of amides is 1. The molecule has 0 aliphatic carbocycles. The van der Waals surface area contributed by atoms with Crippen LogP contribution in [0.2, 0.25) is 0 Å². The average Bonchev–Trinajstić information content (AvgIpc) is 2.78. The molecule has 32 heavy (non-hydrogen) atoms. The van der Waals surface area contributed by atoms with Crippen molar-refractivity contribution in [1.82, 2.24) is 4.31 Å². The van der Waals surface area contributed by atoms with Gasteiger partial charge in [-0.1, -0.05) is 12.1 Å². The van der Waals surface area contributed by atoms with Gasteiger partial charge < -0.3 is 19.7 Å². The van der Waals surface area contributed by atoms with Crippen molar-refractivity contribution in [2.75, 3.05) is 50.6 Å². The third-order valence-corrected chi connectivity index (χ3v) is 6.92. The van der Waals surface area contributed by atoms with Crippen molar-refractivity contribution in [2.45, 2.75) is 31.5 Å². The van der Waals surface area contributed by atoms with Crippen molar-refractivity contribution < 1.29 is 22.7 Å². The van der Waals surface area contributed by atoms with Gasteiger partial charge in [-0.15, -0.1) is 0 Å². The molecule has 1 amide bonds. The van der Waals surface area contributed by atoms with Crippen LogP contribution in [-0.4, -0.2) is 65.1 Å². The van der Waals surface area contributed by atoms with Crippen LogP contribution in [0.5, 0.6) is 0 Å². The topological polar surface area (TPSA) is 88.2 Å². The molecule has 0 spiro atoms. The number of morpholine rings is 1. The quantitative estimate of drug-likeness (QED) is 0.650. The molecular formula is C23H31N3O5S. The lowest BCUT2D eigenvalue weighted by molar-refractivity contribution is 0.0657. The van der Waals surface area contributed by atoms with E-state index < -0.39 is 10.0 Å². The largest absolute Gasteiger partial charge is 0.378 e. The van der Waals surface area contributed by atoms with Crippen LogP contribution in [0.1, 0.15) is 29.8 Å². The molecule has 1 aliphatic rings. The van der Waals surface area contributed by atoms with Gasteiger partial charge in [-0.25, -0.2) is 12.7 Å². The number of hydrogen-bond acceptors (Lipinski definition) is 6. The fraction of sp³-hybridized carbons (Fsp3) is 0.435. The SMILES string of the molecule is CC(C)OCc1cccc(NC(=O)c2cc(S(=O)(=O)N(C)C)ccc2N2CCOCC2)c1. The van der Waals surface area contributed by atoms with Crippen LogP contribution in [0.3, 0.4) is 0 Å². The predicted octanol–water partition coefficient (Wildman–Crippen LogP) is 2.95. The Labute approximate surface area is 190 Å². The van der Waals surface area contributed by atoms with E-state index in [0.29, 0.717) is 49.8 Å². The highest BCUT2D eigenvalue weighted by atomic mass is 32.2. The number of nitrogens with zero attached hydrogens (tertiary/aromatic N) is 2. The molecule has 0 aromatic heterocycles. The predicted molar refractivity (Wildman–Crippen MR) is 125 cm³/mol. The molecule has 8 nitrogen and oxygen atoms in total. The van der Waals surface area contributed by atoms with Crippen LogP contribution in [0.25, 0.3) is 0 Å². The van der Waals surface area contributed by atoms with Gasteiger partial charge in [0.15, 0.2) is 0 Å². The van der Waals surface area contributed by atoms with Gasteiger partial charge in [0.1, 0.15) is 0 Å². The zero-order valence-corrected chi connectivity index (χ0v) is 19.8. The Morgan fingerprint density at radius 1 is 1.16 bits per heavy atom. The minimum absolute atomic E-state index is 0.0729. The number of carbonyl (C=O) groups is 1. The van der Waals surface area contributed by atoms with E-state index in [2.05, 4.69) is 5.32 Å². The minimum Gasteiger partial charge on any atom is -0.378 e. The standard InChI is InChI=1S/C23H31N3O5S/c1-17(2)31-16-18-6-5-7-19(14-18)24-23(27)21-15-20(32(28,29)25(3)4)8-9-22(21)26-10-12-30-13-11-26/h5-9,14-15,17H,10-13,16H2,1-4H3,(H,24,27). The first-order valence-corrected chi connectivity index (χ1v) is 12.0. The minimum atomic E-state index is -3.68. The number of ether oxygens (including phenoxy) is 2. The smallest absolute Gasteiger partial charge is 0.257 e. The molecule has 2 aromatic carbocycles. The molecule has 3 rings (SSSR count). The summed E-state index contributed by atoms with van der Waals surface area (Å²) in [6, 6.07) is 12.1. The maximum absolute atomic E-state index is 13.3. The van der Waals surface area contributed by atoms with Gasteiger partial charge in [0.05, 0.1) is 36.4 Å². The fourth-order valence-electron chi connectivity index (χ4n) is 3.35. The van der Waals surface area contributed by atoms with Crippen LogP contribution in [0.15, 0.2) is 47.4 Å². The molecule has 0 bridgehead atoms. The molecule has 9 heteroatoms. The fourth-order valence-corrected chi connectivity index (χ4v) is 4.28. The van der Waals surface area contributed by atoms with E-state index in [9.17, 15) is 13.2 Å². The van der Waals surface area contributed by atoms with E-state index in [1.54, 1.807) is 18.2 Å². The Hall–Kier alpha value is -2.46. The number of hydrogen-bond donors (Lipinski definition) is 1. The third-order valence-electron chi connectivity index (χ3n) is 5.11. The summed E-state index contributed by atoms with van der Waals surface area (Å²) in [5, 5.41) is 2.91. The highest BCUT2D eigenvalue weighted by molar-refractivity contribution is 7.89. The van der Waals surface area contributed by atoms with Gasteiger partial charge in [-0.3, -0.25) is 4.79 Å². The molecule has 0 saturated carbocycles. The second kappa shape index (κ2) is 10.4. The maximum atomic E-state index is 13.3. The third kappa shape index (κ3) is 5.86. The average molecular weight is 462 g/mol. The highest BCUT2D eigenvalue weighted by Gasteiger charge is 2.24. The Balaban J connectivity index is 1.93. The molecule has 1 saturated heterocycles. The van der Waals surface area contributed by atoms with Crippen molar-refractivity contribution in [3.05, 3.63) is 53.6 Å². The van der Waals surface area contributed by atoms with Crippen LogP contribution in [0, 0.1) is 0 Å². The van der Waals surface area contributed by atoms with E-state index in [1.165, 1.54) is 20.2 Å². The first-order chi connectivity index (χ1) is 15.2. The van der Waals surface area contributed by atoms with Crippen molar-refractivity contribution in [1.29, 1.82) is 0 Å². The Morgan fingerprint density at radius 3 is 2.53 bits per heavy atom. The first kappa shape index (κ1) is 24.2. The summed E-state index contributed by atoms with van der Waals surface area (Å²) in [4.78, 5) is 15.4. The van der Waals surface area contributed by atoms with Crippen LogP contribution in [-0.2, 0) is 26.1 Å². The van der Waals surface area contributed by atoms with Crippen LogP contribution >= 0.6 is 0 Å². The van der Waals surface area contributed by atoms with E-state index in [-0.39, 0.29) is 16.9 Å². The van der Waals surface area contributed by atoms with Crippen molar-refractivity contribution in [3.63, 3.8) is 0 Å². The molecule has 1 N–H and O–H groups in total. The zero-order valence-electron chi connectivity index (χ0n) is 19.0. The second-order valence-corrected chi connectivity index (χ2v) is 10.2. The molecular weight excluding hydrogens is 430 g/mol. The van der Waals surface area contributed by atoms with Gasteiger partial charge in [-0.05, 0) is 49.7 Å². The van der Waals surface area contributed by atoms with Gasteiger partial charge >= 0.3 is 0 Å². The molecule has 174 valence electrons. The Bertz CT molecular complexity index is 1050. The van der Waals surface area contributed by atoms with E-state index in [1.807, 2.05) is 36.9 Å². The Morgan fingerprint density at radius 2 is 1.88 bits per heavy atom. The molecule has 2 aromatic rings. The summed E-state index contributed by atoms with van der Waals surface area (Å²) < 4.78 is 37.5. The molecule has 1 aliphatic heterocycles. The van der Waals surface area contributed by atoms with Gasteiger partial charge in [-0.2, -0.15) is 0 Å². The van der Waals surface area contributed by atoms with Gasteiger partial charge in [0, 0.05) is 38.6 Å². The summed E-state index contributed by atoms with van der Waals surface area (Å²) in [5.74, 6) is -0.371. The summed E-state index contributed by atoms with van der Waals surface area (Å²) in [6.45, 7) is 6.73. The Kier molecular flexibility index (Phi) is 7.89. The lowest BCUT2D eigenvalue weighted by Gasteiger charge is -2.30. The normalized spacial score (nSPS) is 14.8. The number of benzene rings is 2. The molecule has 0 radical (unpaired) electrons. The number of nitrogens with one attached hydrogen (secondary N) is 1. The number of anilines is 2. The van der Waals surface area contributed by atoms with Gasteiger partial charge in [0.2, 0.25) is 10.0 Å². The van der Waals surface area contributed by atoms with E-state index in [4.69, 9.17) is 9.47 Å². The van der Waals surface area contributed by atoms with Crippen LogP contribution < -0.4 is 10.2 Å².